The summed E-state index contributed by atoms with van der Waals surface area (Å²) in [5.74, 6) is -0.308. The number of hydrogen-bond donors (Lipinski definition) is 0. The monoisotopic (exact) mass is 127 g/mol. The van der Waals surface area contributed by atoms with Crippen molar-refractivity contribution in [3.63, 3.8) is 0 Å². The Hall–Kier alpha value is -1.03. The van der Waals surface area contributed by atoms with Crippen molar-refractivity contribution in [2.24, 2.45) is 0 Å². The van der Waals surface area contributed by atoms with Crippen LogP contribution in [0.15, 0.2) is 18.5 Å². The van der Waals surface area contributed by atoms with E-state index in [1.807, 2.05) is 0 Å². The van der Waals surface area contributed by atoms with Crippen LogP contribution in [0.5, 0.6) is 0 Å². The third-order valence-corrected chi connectivity index (χ3v) is 0.789. The van der Waals surface area contributed by atoms with E-state index in [1.54, 1.807) is 0 Å². The lowest BCUT2D eigenvalue weighted by Gasteiger charge is -1.92. The highest BCUT2D eigenvalue weighted by molar-refractivity contribution is 4.88. The molecule has 1 rings (SSSR count). The van der Waals surface area contributed by atoms with Gasteiger partial charge in [0.2, 0.25) is 0 Å². The lowest BCUT2D eigenvalue weighted by atomic mass is 10.6. The van der Waals surface area contributed by atoms with Crippen LogP contribution in [0.25, 0.3) is 0 Å². The molecule has 1 unspecified atom stereocenters. The van der Waals surface area contributed by atoms with Gasteiger partial charge in [0.05, 0.1) is 0 Å². The average Bonchev–Trinajstić information content (AvgIpc) is 1.90. The van der Waals surface area contributed by atoms with Crippen LogP contribution in [-0.4, -0.2) is 9.97 Å². The van der Waals surface area contributed by atoms with Crippen LogP contribution in [0, 0.1) is 0 Å². The van der Waals surface area contributed by atoms with Gasteiger partial charge in [0.25, 0.3) is 6.36 Å². The summed E-state index contributed by atoms with van der Waals surface area (Å²) >= 11 is 0. The smallest absolute Gasteiger partial charge is 0.236 e. The number of halogens is 1. The number of aromatic nitrogens is 2. The Morgan fingerprint density at radius 1 is 1.44 bits per heavy atom. The topological polar surface area (TPSA) is 45.7 Å². The quantitative estimate of drug-likeness (QED) is 0.562. The maximum absolute atomic E-state index is 11.8. The number of alkyl halides is 1. The first-order valence-corrected chi connectivity index (χ1v) is 2.37. The van der Waals surface area contributed by atoms with Crippen molar-refractivity contribution in [2.75, 3.05) is 0 Å². The first kappa shape index (κ1) is 6.10. The normalized spacial score (nSPS) is 13.1. The Labute approximate surface area is 51.2 Å². The van der Waals surface area contributed by atoms with E-state index in [0.29, 0.717) is 0 Å². The number of hydrogen-bond acceptors (Lipinski definition) is 2. The molecule has 1 aromatic heterocycles. The van der Waals surface area contributed by atoms with E-state index in [4.69, 9.17) is 0 Å². The fourth-order valence-corrected chi connectivity index (χ4v) is 0.428. The maximum Gasteiger partial charge on any atom is 0.290 e. The molecule has 0 aliphatic carbocycles. The molecule has 0 saturated heterocycles. The second kappa shape index (κ2) is 2.50. The van der Waals surface area contributed by atoms with E-state index in [2.05, 4.69) is 9.97 Å². The van der Waals surface area contributed by atoms with E-state index in [-0.39, 0.29) is 5.82 Å². The van der Waals surface area contributed by atoms with E-state index in [1.165, 1.54) is 18.5 Å². The van der Waals surface area contributed by atoms with Gasteiger partial charge in [-0.2, -0.15) is 5.11 Å². The average molecular weight is 127 g/mol. The molecule has 1 atom stereocenters. The van der Waals surface area contributed by atoms with Gasteiger partial charge in [0.1, 0.15) is 0 Å². The summed E-state index contributed by atoms with van der Waals surface area (Å²) in [6.07, 6.45) is 0.339. The van der Waals surface area contributed by atoms with Crippen LogP contribution < -0.4 is 0 Å². The van der Waals surface area contributed by atoms with Gasteiger partial charge in [0.15, 0.2) is 5.82 Å². The first-order chi connectivity index (χ1) is 4.30. The molecule has 1 heterocycles. The molecule has 0 bridgehead atoms. The van der Waals surface area contributed by atoms with E-state index >= 15 is 0 Å². The molecule has 1 aromatic rings. The molecular weight excluding hydrogens is 123 g/mol. The largest absolute Gasteiger partial charge is 0.290 e. The highest BCUT2D eigenvalue weighted by atomic mass is 19.1. The maximum atomic E-state index is 11.8. The molecule has 0 fully saturated rings. The van der Waals surface area contributed by atoms with Crippen molar-refractivity contribution in [2.45, 2.75) is 6.36 Å². The van der Waals surface area contributed by atoms with Crippen molar-refractivity contribution in [1.82, 2.24) is 9.97 Å². The number of nitrogens with zero attached hydrogens (tertiary/aromatic N) is 2. The van der Waals surface area contributed by atoms with Gasteiger partial charge in [-0.25, -0.2) is 14.4 Å². The van der Waals surface area contributed by atoms with Crippen molar-refractivity contribution in [3.05, 3.63) is 24.3 Å². The molecule has 0 amide bonds. The minimum atomic E-state index is -2.31. The minimum Gasteiger partial charge on any atom is -0.236 e. The minimum absolute atomic E-state index is 0.308. The molecular formula is C5H4FN2O. The molecule has 47 valence electrons. The molecule has 0 N–H and O–H groups in total. The first-order valence-electron chi connectivity index (χ1n) is 2.37. The Balaban J connectivity index is 2.85. The summed E-state index contributed by atoms with van der Waals surface area (Å²) < 4.78 is 11.8. The molecule has 0 aliphatic heterocycles. The lowest BCUT2D eigenvalue weighted by molar-refractivity contribution is -0.0317. The zero-order valence-electron chi connectivity index (χ0n) is 4.49. The van der Waals surface area contributed by atoms with Gasteiger partial charge in [-0.3, -0.25) is 0 Å². The standard InChI is InChI=1S/C5H4FN2O/c6-4(9)5-7-2-1-3-8-5/h1-4H. The molecule has 4 heteroatoms. The highest BCUT2D eigenvalue weighted by Crippen LogP contribution is 2.05. The lowest BCUT2D eigenvalue weighted by Crippen LogP contribution is -1.94. The predicted octanol–water partition coefficient (Wildman–Crippen LogP) is 0.875. The summed E-state index contributed by atoms with van der Waals surface area (Å²) in [5, 5.41) is 9.94. The second-order valence-corrected chi connectivity index (χ2v) is 1.42. The summed E-state index contributed by atoms with van der Waals surface area (Å²) in [6, 6.07) is 1.52. The molecule has 3 nitrogen and oxygen atoms in total. The second-order valence-electron chi connectivity index (χ2n) is 1.42. The summed E-state index contributed by atoms with van der Waals surface area (Å²) in [5.41, 5.74) is 0. The highest BCUT2D eigenvalue weighted by Gasteiger charge is 2.06. The van der Waals surface area contributed by atoms with Crippen molar-refractivity contribution < 1.29 is 9.50 Å². The van der Waals surface area contributed by atoms with Crippen LogP contribution in [0.1, 0.15) is 12.2 Å². The molecule has 0 aromatic carbocycles. The van der Waals surface area contributed by atoms with Crippen LogP contribution in [-0.2, 0) is 5.11 Å². The van der Waals surface area contributed by atoms with Gasteiger partial charge in [0, 0.05) is 12.4 Å². The van der Waals surface area contributed by atoms with E-state index < -0.39 is 6.36 Å². The third-order valence-electron chi connectivity index (χ3n) is 0.789. The van der Waals surface area contributed by atoms with Gasteiger partial charge >= 0.3 is 0 Å². The summed E-state index contributed by atoms with van der Waals surface area (Å²) in [4.78, 5) is 6.76. The van der Waals surface area contributed by atoms with Crippen LogP contribution >= 0.6 is 0 Å². The fourth-order valence-electron chi connectivity index (χ4n) is 0.428. The zero-order valence-corrected chi connectivity index (χ0v) is 4.49. The van der Waals surface area contributed by atoms with Gasteiger partial charge in [-0.05, 0) is 6.07 Å². The van der Waals surface area contributed by atoms with E-state index in [0.717, 1.165) is 0 Å². The Morgan fingerprint density at radius 2 is 2.00 bits per heavy atom. The molecule has 9 heavy (non-hydrogen) atoms. The van der Waals surface area contributed by atoms with Crippen molar-refractivity contribution >= 4 is 0 Å². The van der Waals surface area contributed by atoms with Crippen LogP contribution in [0.4, 0.5) is 4.39 Å². The van der Waals surface area contributed by atoms with Crippen LogP contribution in [0.2, 0.25) is 0 Å². The van der Waals surface area contributed by atoms with Crippen molar-refractivity contribution in [1.29, 1.82) is 0 Å². The summed E-state index contributed by atoms with van der Waals surface area (Å²) in [7, 11) is 0. The third kappa shape index (κ3) is 1.43. The summed E-state index contributed by atoms with van der Waals surface area (Å²) in [6.45, 7) is 0. The molecule has 0 aliphatic rings. The van der Waals surface area contributed by atoms with Gasteiger partial charge in [-0.15, -0.1) is 0 Å². The SMILES string of the molecule is [O]C(F)c1ncccn1. The molecule has 1 radical (unpaired) electrons. The van der Waals surface area contributed by atoms with E-state index in [9.17, 15) is 9.50 Å². The Bertz CT molecular complexity index is 178. The van der Waals surface area contributed by atoms with Crippen LogP contribution in [0.3, 0.4) is 0 Å². The molecule has 0 saturated carbocycles. The zero-order chi connectivity index (χ0) is 6.69. The predicted molar refractivity (Wildman–Crippen MR) is 26.6 cm³/mol. The Morgan fingerprint density at radius 3 is 2.33 bits per heavy atom. The van der Waals surface area contributed by atoms with Gasteiger partial charge in [-0.1, -0.05) is 0 Å². The Kier molecular flexibility index (Phi) is 1.69. The van der Waals surface area contributed by atoms with Gasteiger partial charge < -0.3 is 0 Å². The molecule has 0 spiro atoms. The number of rotatable bonds is 1. The fraction of sp³-hybridized carbons (Fsp3) is 0.200. The van der Waals surface area contributed by atoms with Crippen molar-refractivity contribution in [3.8, 4) is 0 Å².